The van der Waals surface area contributed by atoms with E-state index in [1.807, 2.05) is 59.2 Å². The maximum absolute atomic E-state index is 12.7. The lowest BCUT2D eigenvalue weighted by molar-refractivity contribution is 0.102. The highest BCUT2D eigenvalue weighted by Gasteiger charge is 2.19. The summed E-state index contributed by atoms with van der Waals surface area (Å²) < 4.78 is 2.04. The van der Waals surface area contributed by atoms with Crippen LogP contribution in [0.1, 0.15) is 30.0 Å². The first-order chi connectivity index (χ1) is 10.2. The van der Waals surface area contributed by atoms with Crippen molar-refractivity contribution >= 4 is 16.8 Å². The fourth-order valence-corrected chi connectivity index (χ4v) is 2.52. The molecule has 1 aromatic heterocycles. The van der Waals surface area contributed by atoms with Gasteiger partial charge in [-0.1, -0.05) is 56.3 Å². The molecule has 21 heavy (non-hydrogen) atoms. The Bertz CT molecular complexity index is 772. The van der Waals surface area contributed by atoms with Gasteiger partial charge in [0.1, 0.15) is 0 Å². The Hall–Kier alpha value is -2.42. The number of hydrogen-bond donors (Lipinski definition) is 0. The first-order valence-corrected chi connectivity index (χ1v) is 7.22. The summed E-state index contributed by atoms with van der Waals surface area (Å²) >= 11 is 0. The smallest absolute Gasteiger partial charge is 0.228 e. The van der Waals surface area contributed by atoms with Gasteiger partial charge in [-0.15, -0.1) is 0 Å². The summed E-state index contributed by atoms with van der Waals surface area (Å²) in [6.07, 6.45) is 0. The lowest BCUT2D eigenvalue weighted by Crippen LogP contribution is -2.14. The zero-order chi connectivity index (χ0) is 14.8. The molecule has 1 heterocycles. The van der Waals surface area contributed by atoms with E-state index in [1.54, 1.807) is 0 Å². The number of benzene rings is 2. The van der Waals surface area contributed by atoms with Gasteiger partial charge in [0.2, 0.25) is 5.78 Å². The molecule has 0 radical (unpaired) electrons. The topological polar surface area (TPSA) is 34.9 Å². The first-order valence-electron chi connectivity index (χ1n) is 7.22. The number of fused-ring (bicyclic) bond motifs is 1. The van der Waals surface area contributed by atoms with Crippen LogP contribution in [0, 0.1) is 5.92 Å². The molecule has 0 amide bonds. The Labute approximate surface area is 124 Å². The maximum Gasteiger partial charge on any atom is 0.228 e. The number of rotatable bonds is 4. The second-order valence-corrected chi connectivity index (χ2v) is 5.62. The monoisotopic (exact) mass is 278 g/mol. The SMILES string of the molecule is CC(C)Cn1c(C(=O)c2ccccc2)nc2ccccc21. The molecule has 0 aliphatic heterocycles. The molecule has 106 valence electrons. The van der Waals surface area contributed by atoms with Crippen LogP contribution in [0.4, 0.5) is 0 Å². The number of para-hydroxylation sites is 2. The van der Waals surface area contributed by atoms with Gasteiger partial charge in [-0.2, -0.15) is 0 Å². The highest BCUT2D eigenvalue weighted by molar-refractivity contribution is 6.08. The molecule has 0 aliphatic rings. The van der Waals surface area contributed by atoms with Crippen LogP contribution >= 0.6 is 0 Å². The minimum Gasteiger partial charge on any atom is -0.321 e. The predicted molar refractivity (Wildman–Crippen MR) is 84.4 cm³/mol. The Morgan fingerprint density at radius 2 is 1.71 bits per heavy atom. The van der Waals surface area contributed by atoms with E-state index >= 15 is 0 Å². The zero-order valence-corrected chi connectivity index (χ0v) is 12.3. The van der Waals surface area contributed by atoms with Gasteiger partial charge in [-0.05, 0) is 18.1 Å². The van der Waals surface area contributed by atoms with E-state index in [2.05, 4.69) is 18.8 Å². The molecule has 2 aromatic carbocycles. The molecule has 0 spiro atoms. The summed E-state index contributed by atoms with van der Waals surface area (Å²) in [7, 11) is 0. The van der Waals surface area contributed by atoms with Crippen molar-refractivity contribution in [2.45, 2.75) is 20.4 Å². The molecule has 3 rings (SSSR count). The molecular formula is C18H18N2O. The highest BCUT2D eigenvalue weighted by atomic mass is 16.1. The van der Waals surface area contributed by atoms with E-state index < -0.39 is 0 Å². The second-order valence-electron chi connectivity index (χ2n) is 5.62. The molecule has 3 aromatic rings. The van der Waals surface area contributed by atoms with Gasteiger partial charge >= 0.3 is 0 Å². The Kier molecular flexibility index (Phi) is 3.57. The van der Waals surface area contributed by atoms with E-state index in [4.69, 9.17) is 0 Å². The fraction of sp³-hybridized carbons (Fsp3) is 0.222. The largest absolute Gasteiger partial charge is 0.321 e. The lowest BCUT2D eigenvalue weighted by Gasteiger charge is -2.11. The van der Waals surface area contributed by atoms with Gasteiger partial charge in [0.05, 0.1) is 11.0 Å². The van der Waals surface area contributed by atoms with E-state index in [-0.39, 0.29) is 5.78 Å². The van der Waals surface area contributed by atoms with E-state index in [0.29, 0.717) is 17.3 Å². The fourth-order valence-electron chi connectivity index (χ4n) is 2.52. The summed E-state index contributed by atoms with van der Waals surface area (Å²) in [5.41, 5.74) is 2.57. The van der Waals surface area contributed by atoms with Crippen molar-refractivity contribution in [1.82, 2.24) is 9.55 Å². The van der Waals surface area contributed by atoms with Crippen LogP contribution in [-0.2, 0) is 6.54 Å². The molecule has 0 atom stereocenters. The number of ketones is 1. The van der Waals surface area contributed by atoms with Crippen LogP contribution in [0.5, 0.6) is 0 Å². The van der Waals surface area contributed by atoms with Gasteiger partial charge in [0.15, 0.2) is 5.82 Å². The average molecular weight is 278 g/mol. The van der Waals surface area contributed by atoms with Crippen molar-refractivity contribution in [3.05, 3.63) is 66.0 Å². The van der Waals surface area contributed by atoms with E-state index in [0.717, 1.165) is 17.6 Å². The van der Waals surface area contributed by atoms with Crippen molar-refractivity contribution in [2.75, 3.05) is 0 Å². The van der Waals surface area contributed by atoms with Crippen LogP contribution in [-0.4, -0.2) is 15.3 Å². The number of imidazole rings is 1. The van der Waals surface area contributed by atoms with Crippen molar-refractivity contribution in [3.63, 3.8) is 0 Å². The second kappa shape index (κ2) is 5.52. The minimum absolute atomic E-state index is 0.0209. The third-order valence-corrected chi connectivity index (χ3v) is 3.44. The number of nitrogens with zero attached hydrogens (tertiary/aromatic N) is 2. The Morgan fingerprint density at radius 1 is 1.05 bits per heavy atom. The number of carbonyl (C=O) groups is 1. The third kappa shape index (κ3) is 2.59. The summed E-state index contributed by atoms with van der Waals surface area (Å²) in [5, 5.41) is 0. The maximum atomic E-state index is 12.7. The number of hydrogen-bond acceptors (Lipinski definition) is 2. The predicted octanol–water partition coefficient (Wildman–Crippen LogP) is 3.92. The van der Waals surface area contributed by atoms with Crippen LogP contribution in [0.15, 0.2) is 54.6 Å². The quantitative estimate of drug-likeness (QED) is 0.678. The van der Waals surface area contributed by atoms with Crippen molar-refractivity contribution in [1.29, 1.82) is 0 Å². The van der Waals surface area contributed by atoms with Crippen LogP contribution in [0.25, 0.3) is 11.0 Å². The summed E-state index contributed by atoms with van der Waals surface area (Å²) in [6, 6.07) is 17.2. The minimum atomic E-state index is -0.0209. The van der Waals surface area contributed by atoms with Crippen LogP contribution < -0.4 is 0 Å². The highest BCUT2D eigenvalue weighted by Crippen LogP contribution is 2.20. The van der Waals surface area contributed by atoms with Gasteiger partial charge in [-0.25, -0.2) is 4.98 Å². The van der Waals surface area contributed by atoms with Gasteiger partial charge in [-0.3, -0.25) is 4.79 Å². The molecule has 3 heteroatoms. The molecule has 0 saturated carbocycles. The van der Waals surface area contributed by atoms with Crippen molar-refractivity contribution in [2.24, 2.45) is 5.92 Å². The summed E-state index contributed by atoms with van der Waals surface area (Å²) in [6.45, 7) is 5.07. The van der Waals surface area contributed by atoms with Crippen molar-refractivity contribution < 1.29 is 4.79 Å². The van der Waals surface area contributed by atoms with Gasteiger partial charge in [0, 0.05) is 12.1 Å². The number of aromatic nitrogens is 2. The molecular weight excluding hydrogens is 260 g/mol. The molecule has 0 aliphatic carbocycles. The van der Waals surface area contributed by atoms with Gasteiger partial charge < -0.3 is 4.57 Å². The zero-order valence-electron chi connectivity index (χ0n) is 12.3. The molecule has 0 N–H and O–H groups in total. The Balaban J connectivity index is 2.15. The van der Waals surface area contributed by atoms with E-state index in [1.165, 1.54) is 0 Å². The standard InChI is InChI=1S/C18H18N2O/c1-13(2)12-20-16-11-7-6-10-15(16)19-18(20)17(21)14-8-4-3-5-9-14/h3-11,13H,12H2,1-2H3. The molecule has 0 saturated heterocycles. The summed E-state index contributed by atoms with van der Waals surface area (Å²) in [4.78, 5) is 17.3. The molecule has 0 unspecified atom stereocenters. The summed E-state index contributed by atoms with van der Waals surface area (Å²) in [5.74, 6) is 0.952. The van der Waals surface area contributed by atoms with E-state index in [9.17, 15) is 4.79 Å². The number of carbonyl (C=O) groups excluding carboxylic acids is 1. The normalized spacial score (nSPS) is 11.2. The Morgan fingerprint density at radius 3 is 2.43 bits per heavy atom. The molecule has 0 fully saturated rings. The molecule has 3 nitrogen and oxygen atoms in total. The van der Waals surface area contributed by atoms with Crippen LogP contribution in [0.2, 0.25) is 0 Å². The third-order valence-electron chi connectivity index (χ3n) is 3.44. The first kappa shape index (κ1) is 13.6. The lowest BCUT2D eigenvalue weighted by atomic mass is 10.1. The van der Waals surface area contributed by atoms with Crippen LogP contribution in [0.3, 0.4) is 0 Å². The van der Waals surface area contributed by atoms with Gasteiger partial charge in [0.25, 0.3) is 0 Å². The van der Waals surface area contributed by atoms with Crippen molar-refractivity contribution in [3.8, 4) is 0 Å². The average Bonchev–Trinajstić information content (AvgIpc) is 2.86. The molecule has 0 bridgehead atoms.